The third-order valence-electron chi connectivity index (χ3n) is 2.03. The molecule has 0 saturated heterocycles. The van der Waals surface area contributed by atoms with Crippen LogP contribution in [0.25, 0.3) is 0 Å². The van der Waals surface area contributed by atoms with E-state index < -0.39 is 0 Å². The molecule has 1 N–H and O–H groups in total. The third-order valence-corrected chi connectivity index (χ3v) is 3.02. The highest BCUT2D eigenvalue weighted by molar-refractivity contribution is 7.12. The average Bonchev–Trinajstić information content (AvgIpc) is 2.65. The molecule has 0 aliphatic heterocycles. The highest BCUT2D eigenvalue weighted by Crippen LogP contribution is 2.14. The fraction of sp³-hybridized carbons (Fsp3) is 0.545. The maximum absolute atomic E-state index is 8.63. The summed E-state index contributed by atoms with van der Waals surface area (Å²) in [6.07, 6.45) is 3.80. The predicted octanol–water partition coefficient (Wildman–Crippen LogP) is 2.90. The molecule has 0 aromatic carbocycles. The number of unbranched alkanes of at least 4 members (excludes halogenated alkanes) is 2. The van der Waals surface area contributed by atoms with Crippen LogP contribution in [0.5, 0.6) is 0 Å². The second kappa shape index (κ2) is 6.58. The maximum Gasteiger partial charge on any atom is 0.110 e. The normalized spacial score (nSPS) is 10.0. The van der Waals surface area contributed by atoms with Crippen molar-refractivity contribution in [3.05, 3.63) is 21.9 Å². The van der Waals surface area contributed by atoms with Gasteiger partial charge in [0.2, 0.25) is 0 Å². The zero-order valence-corrected chi connectivity index (χ0v) is 9.36. The van der Waals surface area contributed by atoms with Crippen molar-refractivity contribution < 1.29 is 0 Å². The number of nitriles is 1. The molecule has 0 saturated carbocycles. The number of nitrogens with one attached hydrogen (secondary N) is 1. The Bertz CT molecular complexity index is 298. The molecule has 0 unspecified atom stereocenters. The monoisotopic (exact) mass is 208 g/mol. The van der Waals surface area contributed by atoms with E-state index in [0.717, 1.165) is 18.0 Å². The van der Waals surface area contributed by atoms with Gasteiger partial charge in [-0.25, -0.2) is 0 Å². The molecule has 1 aromatic rings. The number of hydrogen-bond donors (Lipinski definition) is 1. The first-order chi connectivity index (χ1) is 6.86. The van der Waals surface area contributed by atoms with Crippen LogP contribution in [-0.4, -0.2) is 6.54 Å². The van der Waals surface area contributed by atoms with Crippen LogP contribution in [-0.2, 0) is 6.54 Å². The summed E-state index contributed by atoms with van der Waals surface area (Å²) in [6, 6.07) is 6.06. The van der Waals surface area contributed by atoms with Crippen LogP contribution < -0.4 is 5.32 Å². The van der Waals surface area contributed by atoms with Gasteiger partial charge in [-0.05, 0) is 25.1 Å². The lowest BCUT2D eigenvalue weighted by Gasteiger charge is -2.01. The van der Waals surface area contributed by atoms with Crippen LogP contribution in [0, 0.1) is 11.3 Å². The van der Waals surface area contributed by atoms with Crippen molar-refractivity contribution in [2.24, 2.45) is 0 Å². The van der Waals surface area contributed by atoms with Gasteiger partial charge in [0.05, 0.1) is 0 Å². The summed E-state index contributed by atoms with van der Waals surface area (Å²) in [5.74, 6) is 0. The zero-order chi connectivity index (χ0) is 10.2. The Morgan fingerprint density at radius 2 is 2.29 bits per heavy atom. The summed E-state index contributed by atoms with van der Waals surface area (Å²) in [6.45, 7) is 4.18. The number of rotatable bonds is 6. The molecule has 1 rings (SSSR count). The second-order valence-corrected chi connectivity index (χ2v) is 4.43. The quantitative estimate of drug-likeness (QED) is 0.730. The van der Waals surface area contributed by atoms with Gasteiger partial charge in [-0.3, -0.25) is 0 Å². The first kappa shape index (κ1) is 11.2. The minimum Gasteiger partial charge on any atom is -0.312 e. The van der Waals surface area contributed by atoms with Crippen LogP contribution >= 0.6 is 11.3 Å². The Labute approximate surface area is 89.6 Å². The molecule has 0 radical (unpaired) electrons. The first-order valence-electron chi connectivity index (χ1n) is 5.06. The Balaban J connectivity index is 2.16. The molecule has 1 heterocycles. The molecule has 0 spiro atoms. The molecule has 2 nitrogen and oxygen atoms in total. The summed E-state index contributed by atoms with van der Waals surface area (Å²) < 4.78 is 0. The van der Waals surface area contributed by atoms with Gasteiger partial charge < -0.3 is 5.32 Å². The van der Waals surface area contributed by atoms with Gasteiger partial charge in [0, 0.05) is 11.4 Å². The summed E-state index contributed by atoms with van der Waals surface area (Å²) >= 11 is 1.57. The van der Waals surface area contributed by atoms with Gasteiger partial charge in [-0.15, -0.1) is 11.3 Å². The van der Waals surface area contributed by atoms with Crippen molar-refractivity contribution in [3.8, 4) is 6.07 Å². The van der Waals surface area contributed by atoms with E-state index in [2.05, 4.69) is 18.3 Å². The summed E-state index contributed by atoms with van der Waals surface area (Å²) in [5.41, 5.74) is 0. The number of nitrogens with zero attached hydrogens (tertiary/aromatic N) is 1. The van der Waals surface area contributed by atoms with Gasteiger partial charge >= 0.3 is 0 Å². The Morgan fingerprint density at radius 1 is 1.43 bits per heavy atom. The van der Waals surface area contributed by atoms with E-state index in [1.807, 2.05) is 12.1 Å². The van der Waals surface area contributed by atoms with Gasteiger partial charge in [0.15, 0.2) is 0 Å². The van der Waals surface area contributed by atoms with Crippen molar-refractivity contribution in [1.29, 1.82) is 5.26 Å². The van der Waals surface area contributed by atoms with E-state index in [-0.39, 0.29) is 0 Å². The molecule has 0 bridgehead atoms. The molecule has 14 heavy (non-hydrogen) atoms. The van der Waals surface area contributed by atoms with Gasteiger partial charge in [0.25, 0.3) is 0 Å². The topological polar surface area (TPSA) is 35.8 Å². The molecule has 0 aliphatic carbocycles. The van der Waals surface area contributed by atoms with Crippen molar-refractivity contribution in [2.45, 2.75) is 32.7 Å². The van der Waals surface area contributed by atoms with Gasteiger partial charge in [-0.1, -0.05) is 19.8 Å². The summed E-state index contributed by atoms with van der Waals surface area (Å²) in [5, 5.41) is 12.0. The molecule has 0 atom stereocenters. The highest BCUT2D eigenvalue weighted by Gasteiger charge is 1.97. The van der Waals surface area contributed by atoms with Crippen molar-refractivity contribution >= 4 is 11.3 Å². The molecule has 0 amide bonds. The first-order valence-corrected chi connectivity index (χ1v) is 5.88. The van der Waals surface area contributed by atoms with Crippen LogP contribution in [0.4, 0.5) is 0 Å². The van der Waals surface area contributed by atoms with Crippen molar-refractivity contribution in [2.75, 3.05) is 6.54 Å². The third kappa shape index (κ3) is 3.91. The lowest BCUT2D eigenvalue weighted by molar-refractivity contribution is 0.620. The highest BCUT2D eigenvalue weighted by atomic mass is 32.1. The number of hydrogen-bond acceptors (Lipinski definition) is 3. The van der Waals surface area contributed by atoms with E-state index >= 15 is 0 Å². The number of thiophene rings is 1. The Morgan fingerprint density at radius 3 is 2.93 bits per heavy atom. The van der Waals surface area contributed by atoms with E-state index in [1.165, 1.54) is 24.1 Å². The SMILES string of the molecule is CCCCCNCc1ccc(C#N)s1. The largest absolute Gasteiger partial charge is 0.312 e. The zero-order valence-electron chi connectivity index (χ0n) is 8.55. The summed E-state index contributed by atoms with van der Waals surface area (Å²) in [4.78, 5) is 2.05. The molecule has 0 aliphatic rings. The minimum absolute atomic E-state index is 0.801. The van der Waals surface area contributed by atoms with Crippen molar-refractivity contribution in [3.63, 3.8) is 0 Å². The van der Waals surface area contributed by atoms with Gasteiger partial charge in [0.1, 0.15) is 10.9 Å². The fourth-order valence-corrected chi connectivity index (χ4v) is 2.02. The molecular formula is C11H16N2S. The minimum atomic E-state index is 0.801. The van der Waals surface area contributed by atoms with Gasteiger partial charge in [-0.2, -0.15) is 5.26 Å². The lowest BCUT2D eigenvalue weighted by Crippen LogP contribution is -2.13. The summed E-state index contributed by atoms with van der Waals surface area (Å²) in [7, 11) is 0. The van der Waals surface area contributed by atoms with Crippen LogP contribution in [0.2, 0.25) is 0 Å². The average molecular weight is 208 g/mol. The molecular weight excluding hydrogens is 192 g/mol. The molecule has 0 fully saturated rings. The van der Waals surface area contributed by atoms with Crippen LogP contribution in [0.3, 0.4) is 0 Å². The predicted molar refractivity (Wildman–Crippen MR) is 60.3 cm³/mol. The fourth-order valence-electron chi connectivity index (χ4n) is 1.24. The lowest BCUT2D eigenvalue weighted by atomic mass is 10.2. The molecule has 76 valence electrons. The standard InChI is InChI=1S/C11H16N2S/c1-2-3-4-7-13-9-11-6-5-10(8-12)14-11/h5-6,13H,2-4,7,9H2,1H3. The smallest absolute Gasteiger partial charge is 0.110 e. The molecule has 3 heteroatoms. The maximum atomic E-state index is 8.63. The van der Waals surface area contributed by atoms with E-state index in [0.29, 0.717) is 0 Å². The van der Waals surface area contributed by atoms with E-state index in [1.54, 1.807) is 11.3 Å². The second-order valence-electron chi connectivity index (χ2n) is 3.26. The van der Waals surface area contributed by atoms with E-state index in [4.69, 9.17) is 5.26 Å². The molecule has 1 aromatic heterocycles. The Kier molecular flexibility index (Phi) is 5.28. The van der Waals surface area contributed by atoms with Crippen LogP contribution in [0.15, 0.2) is 12.1 Å². The van der Waals surface area contributed by atoms with E-state index in [9.17, 15) is 0 Å². The van der Waals surface area contributed by atoms with Crippen molar-refractivity contribution in [1.82, 2.24) is 5.32 Å². The van der Waals surface area contributed by atoms with Crippen LogP contribution in [0.1, 0.15) is 35.9 Å². The Hall–Kier alpha value is -0.850.